The Morgan fingerprint density at radius 1 is 0.700 bits per heavy atom. The van der Waals surface area contributed by atoms with Crippen LogP contribution >= 0.6 is 23.2 Å². The van der Waals surface area contributed by atoms with Crippen molar-refractivity contribution in [2.24, 2.45) is 0 Å². The van der Waals surface area contributed by atoms with Gasteiger partial charge in [-0.25, -0.2) is 0 Å². The molecule has 0 aromatic heterocycles. The van der Waals surface area contributed by atoms with Crippen molar-refractivity contribution in [2.75, 3.05) is 0 Å². The first-order valence-electron chi connectivity index (χ1n) is 6.87. The zero-order valence-electron chi connectivity index (χ0n) is 12.0. The van der Waals surface area contributed by atoms with Crippen LogP contribution in [0.1, 0.15) is 37.5 Å². The molecule has 2 aromatic rings. The van der Waals surface area contributed by atoms with Crippen molar-refractivity contribution in [1.29, 1.82) is 0 Å². The van der Waals surface area contributed by atoms with E-state index in [1.807, 2.05) is 18.2 Å². The minimum Gasteiger partial charge on any atom is -0.0993 e. The predicted octanol–water partition coefficient (Wildman–Crippen LogP) is 5.46. The monoisotopic (exact) mass is 304 g/mol. The normalized spacial score (nSPS) is 26.2. The van der Waals surface area contributed by atoms with Gasteiger partial charge in [0, 0.05) is 5.41 Å². The molecule has 20 heavy (non-hydrogen) atoms. The number of alkyl halides is 2. The first-order valence-corrected chi connectivity index (χ1v) is 7.62. The molecule has 0 nitrogen and oxygen atoms in total. The lowest BCUT2D eigenvalue weighted by Gasteiger charge is -2.42. The molecule has 2 aromatic carbocycles. The van der Waals surface area contributed by atoms with E-state index >= 15 is 0 Å². The summed E-state index contributed by atoms with van der Waals surface area (Å²) in [6, 6.07) is 18.7. The lowest BCUT2D eigenvalue weighted by molar-refractivity contribution is 0.391. The standard InChI is InChI=1S/C18H18Cl2/c1-16(2)14-11-7-8-12-15(14)17(3,18(16,19)20)13-9-5-4-6-10-13/h4-12H,1-3H3. The number of benzene rings is 2. The summed E-state index contributed by atoms with van der Waals surface area (Å²) < 4.78 is -0.898. The highest BCUT2D eigenvalue weighted by Gasteiger charge is 2.63. The molecule has 0 amide bonds. The molecule has 0 saturated carbocycles. The van der Waals surface area contributed by atoms with E-state index in [-0.39, 0.29) is 5.41 Å². The highest BCUT2D eigenvalue weighted by molar-refractivity contribution is 6.51. The van der Waals surface area contributed by atoms with Crippen LogP contribution in [0.3, 0.4) is 0 Å². The highest BCUT2D eigenvalue weighted by Crippen LogP contribution is 2.64. The van der Waals surface area contributed by atoms with Crippen LogP contribution in [0.2, 0.25) is 0 Å². The summed E-state index contributed by atoms with van der Waals surface area (Å²) >= 11 is 13.9. The number of hydrogen-bond donors (Lipinski definition) is 0. The summed E-state index contributed by atoms with van der Waals surface area (Å²) in [5, 5.41) is 0. The SMILES string of the molecule is CC1(C)c2ccccc2C(C)(c2ccccc2)C1(Cl)Cl. The third-order valence-electron chi connectivity index (χ3n) is 4.90. The lowest BCUT2D eigenvalue weighted by Crippen LogP contribution is -2.47. The highest BCUT2D eigenvalue weighted by atomic mass is 35.5. The molecule has 104 valence electrons. The van der Waals surface area contributed by atoms with Gasteiger partial charge in [-0.1, -0.05) is 91.6 Å². The minimum atomic E-state index is -0.898. The predicted molar refractivity (Wildman–Crippen MR) is 86.8 cm³/mol. The minimum absolute atomic E-state index is 0.308. The molecule has 1 aliphatic rings. The van der Waals surface area contributed by atoms with Crippen molar-refractivity contribution in [3.63, 3.8) is 0 Å². The fraction of sp³-hybridized carbons (Fsp3) is 0.333. The Morgan fingerprint density at radius 2 is 1.20 bits per heavy atom. The molecule has 0 heterocycles. The number of hydrogen-bond acceptors (Lipinski definition) is 0. The van der Waals surface area contributed by atoms with Gasteiger partial charge >= 0.3 is 0 Å². The van der Waals surface area contributed by atoms with Gasteiger partial charge in [0.2, 0.25) is 0 Å². The van der Waals surface area contributed by atoms with Gasteiger partial charge in [0.15, 0.2) is 0 Å². The summed E-state index contributed by atoms with van der Waals surface area (Å²) in [6.45, 7) is 6.40. The molecule has 3 rings (SSSR count). The Labute approximate surface area is 130 Å². The largest absolute Gasteiger partial charge is 0.140 e. The molecule has 0 fully saturated rings. The molecular formula is C18H18Cl2. The van der Waals surface area contributed by atoms with E-state index in [2.05, 4.69) is 57.2 Å². The molecule has 1 unspecified atom stereocenters. The van der Waals surface area contributed by atoms with Crippen LogP contribution in [0.15, 0.2) is 54.6 Å². The lowest BCUT2D eigenvalue weighted by atomic mass is 9.74. The Morgan fingerprint density at radius 3 is 1.80 bits per heavy atom. The molecule has 0 aliphatic heterocycles. The van der Waals surface area contributed by atoms with Crippen molar-refractivity contribution in [3.05, 3.63) is 71.3 Å². The number of rotatable bonds is 1. The molecule has 0 saturated heterocycles. The van der Waals surface area contributed by atoms with E-state index in [1.54, 1.807) is 0 Å². The maximum absolute atomic E-state index is 6.93. The average Bonchev–Trinajstić information content (AvgIpc) is 2.58. The topological polar surface area (TPSA) is 0 Å². The quantitative estimate of drug-likeness (QED) is 0.614. The van der Waals surface area contributed by atoms with Crippen LogP contribution in [-0.2, 0) is 10.8 Å². The average molecular weight is 305 g/mol. The van der Waals surface area contributed by atoms with Gasteiger partial charge in [-0.15, -0.1) is 0 Å². The Kier molecular flexibility index (Phi) is 2.97. The third-order valence-corrected chi connectivity index (χ3v) is 6.60. The van der Waals surface area contributed by atoms with Gasteiger partial charge in [0.25, 0.3) is 0 Å². The van der Waals surface area contributed by atoms with Crippen LogP contribution < -0.4 is 0 Å². The summed E-state index contributed by atoms with van der Waals surface area (Å²) in [6.07, 6.45) is 0. The molecule has 0 bridgehead atoms. The zero-order valence-corrected chi connectivity index (χ0v) is 13.5. The third kappa shape index (κ3) is 1.50. The van der Waals surface area contributed by atoms with Crippen molar-refractivity contribution in [3.8, 4) is 0 Å². The van der Waals surface area contributed by atoms with E-state index in [0.29, 0.717) is 0 Å². The van der Waals surface area contributed by atoms with E-state index < -0.39 is 9.75 Å². The number of fused-ring (bicyclic) bond motifs is 1. The van der Waals surface area contributed by atoms with Gasteiger partial charge in [-0.3, -0.25) is 0 Å². The number of halogens is 2. The van der Waals surface area contributed by atoms with Crippen LogP contribution in [0.5, 0.6) is 0 Å². The maximum Gasteiger partial charge on any atom is 0.140 e. The smallest absolute Gasteiger partial charge is 0.0993 e. The molecule has 2 heteroatoms. The maximum atomic E-state index is 6.93. The van der Waals surface area contributed by atoms with E-state index in [4.69, 9.17) is 23.2 Å². The van der Waals surface area contributed by atoms with Crippen LogP contribution in [0.4, 0.5) is 0 Å². The summed E-state index contributed by atoms with van der Waals surface area (Å²) in [4.78, 5) is 0. The Bertz CT molecular complexity index is 643. The summed E-state index contributed by atoms with van der Waals surface area (Å²) in [5.74, 6) is 0. The van der Waals surface area contributed by atoms with E-state index in [0.717, 1.165) is 5.56 Å². The fourth-order valence-corrected chi connectivity index (χ4v) is 4.16. The summed E-state index contributed by atoms with van der Waals surface area (Å²) in [7, 11) is 0. The van der Waals surface area contributed by atoms with Crippen molar-refractivity contribution in [2.45, 2.75) is 35.9 Å². The van der Waals surface area contributed by atoms with Gasteiger partial charge in [-0.2, -0.15) is 0 Å². The molecule has 1 aliphatic carbocycles. The summed E-state index contributed by atoms with van der Waals surface area (Å²) in [5.41, 5.74) is 2.88. The first kappa shape index (κ1) is 14.0. The first-order chi connectivity index (χ1) is 9.33. The van der Waals surface area contributed by atoms with Gasteiger partial charge in [-0.05, 0) is 23.6 Å². The Hall–Kier alpha value is -0.980. The van der Waals surface area contributed by atoms with Gasteiger partial charge < -0.3 is 0 Å². The zero-order chi connectivity index (χ0) is 14.6. The van der Waals surface area contributed by atoms with Crippen molar-refractivity contribution >= 4 is 23.2 Å². The molecular weight excluding hydrogens is 287 g/mol. The van der Waals surface area contributed by atoms with Crippen LogP contribution in [-0.4, -0.2) is 4.33 Å². The van der Waals surface area contributed by atoms with Crippen molar-refractivity contribution < 1.29 is 0 Å². The second-order valence-electron chi connectivity index (χ2n) is 6.24. The molecule has 0 spiro atoms. The Balaban J connectivity index is 2.36. The molecule has 0 radical (unpaired) electrons. The fourth-order valence-electron chi connectivity index (χ4n) is 3.54. The van der Waals surface area contributed by atoms with E-state index in [9.17, 15) is 0 Å². The van der Waals surface area contributed by atoms with Gasteiger partial charge in [0.1, 0.15) is 4.33 Å². The molecule has 1 atom stereocenters. The van der Waals surface area contributed by atoms with Gasteiger partial charge in [0.05, 0.1) is 5.41 Å². The van der Waals surface area contributed by atoms with Crippen LogP contribution in [0, 0.1) is 0 Å². The van der Waals surface area contributed by atoms with Crippen molar-refractivity contribution in [1.82, 2.24) is 0 Å². The second-order valence-corrected chi connectivity index (χ2v) is 7.56. The molecule has 0 N–H and O–H groups in total. The second kappa shape index (κ2) is 4.26. The van der Waals surface area contributed by atoms with Crippen LogP contribution in [0.25, 0.3) is 0 Å². The van der Waals surface area contributed by atoms with E-state index in [1.165, 1.54) is 11.1 Å².